The predicted octanol–water partition coefficient (Wildman–Crippen LogP) is 1.19. The van der Waals surface area contributed by atoms with Crippen molar-refractivity contribution in [2.24, 2.45) is 5.92 Å². The van der Waals surface area contributed by atoms with Crippen LogP contribution in [0.1, 0.15) is 47.5 Å². The van der Waals surface area contributed by atoms with Crippen LogP contribution in [0, 0.1) is 17.2 Å². The summed E-state index contributed by atoms with van der Waals surface area (Å²) in [6.45, 7) is 7.19. The number of nitrogens with zero attached hydrogens (tertiary/aromatic N) is 1. The van der Waals surface area contributed by atoms with Crippen molar-refractivity contribution in [1.82, 2.24) is 0 Å². The Hall–Kier alpha value is -1.58. The Morgan fingerprint density at radius 3 is 2.76 bits per heavy atom. The molecule has 2 rings (SSSR count). The van der Waals surface area contributed by atoms with E-state index in [1.54, 1.807) is 6.92 Å². The summed E-state index contributed by atoms with van der Waals surface area (Å²) in [5.74, 6) is 0.400. The lowest BCUT2D eigenvalue weighted by atomic mass is 9.98. The van der Waals surface area contributed by atoms with Gasteiger partial charge in [-0.1, -0.05) is 6.92 Å². The van der Waals surface area contributed by atoms with Gasteiger partial charge in [0, 0.05) is 0 Å². The Morgan fingerprint density at radius 2 is 2.19 bits per heavy atom. The van der Waals surface area contributed by atoms with E-state index in [9.17, 15) is 10.1 Å². The molecule has 1 aliphatic rings. The third-order valence-corrected chi connectivity index (χ3v) is 5.06. The van der Waals surface area contributed by atoms with E-state index in [-0.39, 0.29) is 5.97 Å². The van der Waals surface area contributed by atoms with Crippen LogP contribution in [0.3, 0.4) is 0 Å². The Morgan fingerprint density at radius 1 is 1.52 bits per heavy atom. The van der Waals surface area contributed by atoms with Crippen molar-refractivity contribution >= 4 is 22.3 Å². The summed E-state index contributed by atoms with van der Waals surface area (Å²) < 4.78 is 5.08. The fourth-order valence-electron chi connectivity index (χ4n) is 2.73. The molecule has 0 atom stereocenters. The number of piperidine rings is 1. The molecule has 1 aliphatic heterocycles. The molecule has 0 aliphatic carbocycles. The van der Waals surface area contributed by atoms with Crippen LogP contribution in [0.15, 0.2) is 0 Å². The Bertz CT molecular complexity index is 554. The summed E-state index contributed by atoms with van der Waals surface area (Å²) >= 11 is 1.17. The number of quaternary nitrogens is 1. The number of nitrogens with two attached hydrogens (primary N) is 1. The van der Waals surface area contributed by atoms with E-state index in [2.05, 4.69) is 13.0 Å². The maximum Gasteiger partial charge on any atom is 0.348 e. The molecule has 5 nitrogen and oxygen atoms in total. The van der Waals surface area contributed by atoms with Gasteiger partial charge in [-0.25, -0.2) is 4.79 Å². The third kappa shape index (κ3) is 3.55. The van der Waals surface area contributed by atoms with E-state index in [0.717, 1.165) is 24.6 Å². The second kappa shape index (κ2) is 6.92. The molecule has 0 radical (unpaired) electrons. The number of nitrogen functional groups attached to an aromatic ring is 1. The number of esters is 1. The maximum atomic E-state index is 12.1. The number of nitrogens with one attached hydrogen (secondary N) is 1. The van der Waals surface area contributed by atoms with Gasteiger partial charge in [0.15, 0.2) is 0 Å². The zero-order chi connectivity index (χ0) is 15.4. The minimum Gasteiger partial charge on any atom is -0.462 e. The molecule has 0 unspecified atom stereocenters. The Labute approximate surface area is 129 Å². The molecule has 2 heterocycles. The molecule has 0 spiro atoms. The van der Waals surface area contributed by atoms with Crippen molar-refractivity contribution in [3.8, 4) is 6.07 Å². The van der Waals surface area contributed by atoms with Crippen LogP contribution in [0.2, 0.25) is 0 Å². The van der Waals surface area contributed by atoms with Gasteiger partial charge >= 0.3 is 5.97 Å². The molecule has 0 aromatic carbocycles. The predicted molar refractivity (Wildman–Crippen MR) is 82.2 cm³/mol. The van der Waals surface area contributed by atoms with Gasteiger partial charge in [-0.3, -0.25) is 0 Å². The quantitative estimate of drug-likeness (QED) is 0.819. The number of rotatable bonds is 4. The molecule has 1 fully saturated rings. The molecule has 0 saturated carbocycles. The molecular formula is C15H22N3O2S+. The Kier molecular flexibility index (Phi) is 5.21. The van der Waals surface area contributed by atoms with Gasteiger partial charge in [0.1, 0.15) is 22.5 Å². The first-order chi connectivity index (χ1) is 10.1. The van der Waals surface area contributed by atoms with Crippen molar-refractivity contribution < 1.29 is 14.4 Å². The summed E-state index contributed by atoms with van der Waals surface area (Å²) in [5.41, 5.74) is 7.11. The highest BCUT2D eigenvalue weighted by molar-refractivity contribution is 7.18. The summed E-state index contributed by atoms with van der Waals surface area (Å²) in [6.07, 6.45) is 2.37. The van der Waals surface area contributed by atoms with Crippen LogP contribution < -0.4 is 10.6 Å². The first-order valence-electron chi connectivity index (χ1n) is 7.38. The summed E-state index contributed by atoms with van der Waals surface area (Å²) in [5, 5.41) is 9.73. The van der Waals surface area contributed by atoms with E-state index in [1.807, 2.05) is 0 Å². The van der Waals surface area contributed by atoms with Crippen LogP contribution in [0.4, 0.5) is 5.00 Å². The molecule has 1 saturated heterocycles. The maximum absolute atomic E-state index is 12.1. The van der Waals surface area contributed by atoms with E-state index in [0.29, 0.717) is 28.6 Å². The minimum atomic E-state index is -0.365. The minimum absolute atomic E-state index is 0.325. The standard InChI is InChI=1S/C15H21N3O2S/c1-3-20-15(19)13-12(11(8-16)14(17)21-13)9-18-6-4-10(2)5-7-18/h10H,3-7,9,17H2,1-2H3/p+1. The lowest BCUT2D eigenvalue weighted by Gasteiger charge is -2.27. The number of carbonyl (C=O) groups is 1. The van der Waals surface area contributed by atoms with Crippen molar-refractivity contribution in [1.29, 1.82) is 5.26 Å². The number of thiophene rings is 1. The van der Waals surface area contributed by atoms with Gasteiger partial charge in [-0.2, -0.15) is 5.26 Å². The highest BCUT2D eigenvalue weighted by Gasteiger charge is 2.27. The number of anilines is 1. The normalized spacial score (nSPS) is 21.8. The van der Waals surface area contributed by atoms with Crippen molar-refractivity contribution in [3.63, 3.8) is 0 Å². The number of hydrogen-bond acceptors (Lipinski definition) is 5. The Balaban J connectivity index is 2.24. The summed E-state index contributed by atoms with van der Waals surface area (Å²) in [4.78, 5) is 14.0. The van der Waals surface area contributed by atoms with Crippen molar-refractivity contribution in [3.05, 3.63) is 16.0 Å². The number of nitriles is 1. The second-order valence-electron chi connectivity index (χ2n) is 5.59. The average Bonchev–Trinajstić information content (AvgIpc) is 2.77. The molecular weight excluding hydrogens is 286 g/mol. The lowest BCUT2D eigenvalue weighted by molar-refractivity contribution is -0.919. The van der Waals surface area contributed by atoms with Crippen LogP contribution >= 0.6 is 11.3 Å². The van der Waals surface area contributed by atoms with Gasteiger partial charge in [0.2, 0.25) is 0 Å². The average molecular weight is 308 g/mol. The highest BCUT2D eigenvalue weighted by Crippen LogP contribution is 2.30. The molecule has 1 aromatic heterocycles. The lowest BCUT2D eigenvalue weighted by Crippen LogP contribution is -3.11. The van der Waals surface area contributed by atoms with E-state index < -0.39 is 0 Å². The second-order valence-corrected chi connectivity index (χ2v) is 6.64. The first kappa shape index (κ1) is 15.8. The molecule has 3 N–H and O–H groups in total. The first-order valence-corrected chi connectivity index (χ1v) is 8.20. The fourth-order valence-corrected chi connectivity index (χ4v) is 3.67. The highest BCUT2D eigenvalue weighted by atomic mass is 32.1. The van der Waals surface area contributed by atoms with Crippen LogP contribution in [0.5, 0.6) is 0 Å². The summed E-state index contributed by atoms with van der Waals surface area (Å²) in [7, 11) is 0. The van der Waals surface area contributed by atoms with Gasteiger partial charge in [-0.15, -0.1) is 11.3 Å². The van der Waals surface area contributed by atoms with Gasteiger partial charge in [0.25, 0.3) is 0 Å². The molecule has 21 heavy (non-hydrogen) atoms. The smallest absolute Gasteiger partial charge is 0.348 e. The number of hydrogen-bond donors (Lipinski definition) is 2. The van der Waals surface area contributed by atoms with Crippen molar-refractivity contribution in [2.75, 3.05) is 25.4 Å². The number of carbonyl (C=O) groups excluding carboxylic acids is 1. The number of likely N-dealkylation sites (tertiary alicyclic amines) is 1. The molecule has 0 amide bonds. The zero-order valence-corrected chi connectivity index (χ0v) is 13.4. The van der Waals surface area contributed by atoms with E-state index in [1.165, 1.54) is 29.1 Å². The van der Waals surface area contributed by atoms with Gasteiger partial charge in [-0.05, 0) is 25.7 Å². The zero-order valence-electron chi connectivity index (χ0n) is 12.6. The van der Waals surface area contributed by atoms with E-state index >= 15 is 0 Å². The molecule has 1 aromatic rings. The number of ether oxygens (including phenoxy) is 1. The summed E-state index contributed by atoms with van der Waals surface area (Å²) in [6, 6.07) is 2.14. The van der Waals surface area contributed by atoms with Crippen LogP contribution in [-0.4, -0.2) is 25.7 Å². The van der Waals surface area contributed by atoms with Crippen LogP contribution in [0.25, 0.3) is 0 Å². The monoisotopic (exact) mass is 308 g/mol. The molecule has 0 bridgehead atoms. The SMILES string of the molecule is CCOC(=O)c1sc(N)c(C#N)c1C[NH+]1CCC(C)CC1. The van der Waals surface area contributed by atoms with Crippen molar-refractivity contribution in [2.45, 2.75) is 33.2 Å². The molecule has 114 valence electrons. The topological polar surface area (TPSA) is 80.5 Å². The van der Waals surface area contributed by atoms with E-state index in [4.69, 9.17) is 10.5 Å². The molecule has 6 heteroatoms. The van der Waals surface area contributed by atoms with Gasteiger partial charge < -0.3 is 15.4 Å². The van der Waals surface area contributed by atoms with Crippen LogP contribution in [-0.2, 0) is 11.3 Å². The third-order valence-electron chi connectivity index (χ3n) is 4.02. The largest absolute Gasteiger partial charge is 0.462 e. The van der Waals surface area contributed by atoms with Gasteiger partial charge in [0.05, 0.1) is 30.8 Å². The fraction of sp³-hybridized carbons (Fsp3) is 0.600.